The molecule has 9 heteroatoms. The van der Waals surface area contributed by atoms with Crippen LogP contribution in [0.15, 0.2) is 65.6 Å². The Morgan fingerprint density at radius 1 is 0.919 bits per heavy atom. The molecule has 2 aromatic carbocycles. The van der Waals surface area contributed by atoms with E-state index >= 15 is 0 Å². The molecule has 0 atom stereocenters. The van der Waals surface area contributed by atoms with Crippen molar-refractivity contribution in [3.63, 3.8) is 0 Å². The highest BCUT2D eigenvalue weighted by atomic mass is 19.2. The fourth-order valence-corrected chi connectivity index (χ4v) is 4.59. The van der Waals surface area contributed by atoms with Crippen LogP contribution in [0, 0.1) is 11.6 Å². The van der Waals surface area contributed by atoms with Crippen LogP contribution >= 0.6 is 0 Å². The molecule has 4 rings (SSSR count). The van der Waals surface area contributed by atoms with Crippen LogP contribution in [-0.2, 0) is 24.9 Å². The van der Waals surface area contributed by atoms with E-state index in [0.29, 0.717) is 50.3 Å². The molecule has 0 spiro atoms. The Bertz CT molecular complexity index is 1340. The third-order valence-corrected chi connectivity index (χ3v) is 6.56. The zero-order chi connectivity index (χ0) is 26.5. The lowest BCUT2D eigenvalue weighted by atomic mass is 10.1. The minimum atomic E-state index is -1.05. The van der Waals surface area contributed by atoms with E-state index in [0.717, 1.165) is 17.7 Å². The van der Waals surface area contributed by atoms with Gasteiger partial charge in [0.2, 0.25) is 11.5 Å². The lowest BCUT2D eigenvalue weighted by Gasteiger charge is -2.28. The fraction of sp³-hybridized carbons (Fsp3) is 0.321. The first-order valence-corrected chi connectivity index (χ1v) is 12.2. The molecule has 0 N–H and O–H groups in total. The number of aryl methyl sites for hydroxylation is 1. The summed E-state index contributed by atoms with van der Waals surface area (Å²) in [5.74, 6) is -2.74. The van der Waals surface area contributed by atoms with E-state index in [1.807, 2.05) is 30.3 Å². The molecule has 0 fully saturated rings. The molecule has 1 aliphatic rings. The molecule has 2 amide bonds. The maximum Gasteiger partial charge on any atom is 0.255 e. The average Bonchev–Trinajstić information content (AvgIpc) is 2.90. The summed E-state index contributed by atoms with van der Waals surface area (Å²) >= 11 is 0. The number of fused-ring (bicyclic) bond motifs is 1. The van der Waals surface area contributed by atoms with E-state index in [1.165, 1.54) is 34.7 Å². The van der Waals surface area contributed by atoms with Gasteiger partial charge in [0.25, 0.3) is 5.91 Å². The van der Waals surface area contributed by atoms with Gasteiger partial charge in [0, 0.05) is 71.6 Å². The van der Waals surface area contributed by atoms with Crippen molar-refractivity contribution in [3.05, 3.63) is 99.5 Å². The zero-order valence-electron chi connectivity index (χ0n) is 21.0. The van der Waals surface area contributed by atoms with Gasteiger partial charge in [-0.25, -0.2) is 8.78 Å². The van der Waals surface area contributed by atoms with Crippen molar-refractivity contribution in [3.8, 4) is 0 Å². The van der Waals surface area contributed by atoms with Gasteiger partial charge in [-0.1, -0.05) is 30.3 Å². The number of aromatic nitrogens is 1. The van der Waals surface area contributed by atoms with Gasteiger partial charge in [-0.2, -0.15) is 0 Å². The topological polar surface area (TPSA) is 65.9 Å². The Morgan fingerprint density at radius 2 is 1.65 bits per heavy atom. The Kier molecular flexibility index (Phi) is 8.13. The molecule has 3 aromatic rings. The van der Waals surface area contributed by atoms with Crippen LogP contribution < -0.4 is 10.5 Å². The quantitative estimate of drug-likeness (QED) is 0.543. The third-order valence-electron chi connectivity index (χ3n) is 6.56. The Labute approximate surface area is 214 Å². The average molecular weight is 509 g/mol. The second-order valence-corrected chi connectivity index (χ2v) is 9.27. The molecule has 0 bridgehead atoms. The monoisotopic (exact) mass is 508 g/mol. The zero-order valence-corrected chi connectivity index (χ0v) is 21.0. The van der Waals surface area contributed by atoms with E-state index in [9.17, 15) is 23.2 Å². The van der Waals surface area contributed by atoms with Crippen molar-refractivity contribution in [2.24, 2.45) is 7.05 Å². The normalized spacial score (nSPS) is 15.1. The highest BCUT2D eigenvalue weighted by molar-refractivity contribution is 5.95. The molecule has 1 aliphatic heterocycles. The summed E-state index contributed by atoms with van der Waals surface area (Å²) in [5.41, 5.74) is 1.76. The van der Waals surface area contributed by atoms with Gasteiger partial charge in [0.05, 0.1) is 11.3 Å². The summed E-state index contributed by atoms with van der Waals surface area (Å²) < 4.78 is 30.0. The second-order valence-electron chi connectivity index (χ2n) is 9.27. The molecule has 0 unspecified atom stereocenters. The number of anilines is 1. The summed E-state index contributed by atoms with van der Waals surface area (Å²) in [5, 5.41) is 0. The SMILES string of the molecule is CC(=O)N1CCCN(Cc2ccccc2)CCN(C(=O)c2ccc(=O)n(C)c2)Cc2cc(F)c(F)cc21. The van der Waals surface area contributed by atoms with Crippen LogP contribution in [0.3, 0.4) is 0 Å². The first kappa shape index (κ1) is 26.2. The van der Waals surface area contributed by atoms with E-state index in [2.05, 4.69) is 4.90 Å². The highest BCUT2D eigenvalue weighted by Gasteiger charge is 2.25. The van der Waals surface area contributed by atoms with Gasteiger partial charge in [0.15, 0.2) is 11.6 Å². The standard InChI is InChI=1S/C28H30F2N4O3/c1-20(35)34-12-6-11-32(17-21-7-4-3-5-8-21)13-14-33(19-23-15-24(29)25(30)16-26(23)34)28(37)22-9-10-27(36)31(2)18-22/h3-5,7-10,15-16,18H,6,11-14,17,19H2,1-2H3. The van der Waals surface area contributed by atoms with Gasteiger partial charge in [-0.05, 0) is 29.7 Å². The van der Waals surface area contributed by atoms with Crippen LogP contribution in [-0.4, -0.2) is 52.4 Å². The predicted molar refractivity (Wildman–Crippen MR) is 137 cm³/mol. The van der Waals surface area contributed by atoms with Crippen LogP contribution in [0.1, 0.15) is 34.8 Å². The Balaban J connectivity index is 1.73. The van der Waals surface area contributed by atoms with Crippen LogP contribution in [0.5, 0.6) is 0 Å². The van der Waals surface area contributed by atoms with Crippen LogP contribution in [0.2, 0.25) is 0 Å². The van der Waals surface area contributed by atoms with E-state index in [-0.39, 0.29) is 29.6 Å². The third kappa shape index (κ3) is 6.29. The number of benzene rings is 2. The molecular formula is C28H30F2N4O3. The number of carbonyl (C=O) groups excluding carboxylic acids is 2. The summed E-state index contributed by atoms with van der Waals surface area (Å²) in [4.78, 5) is 43.2. The maximum absolute atomic E-state index is 14.4. The van der Waals surface area contributed by atoms with Crippen molar-refractivity contribution >= 4 is 17.5 Å². The molecule has 1 aromatic heterocycles. The lowest BCUT2D eigenvalue weighted by Crippen LogP contribution is -2.39. The summed E-state index contributed by atoms with van der Waals surface area (Å²) in [6.45, 7) is 3.82. The number of amides is 2. The van der Waals surface area contributed by atoms with E-state index in [4.69, 9.17) is 0 Å². The lowest BCUT2D eigenvalue weighted by molar-refractivity contribution is -0.116. The number of rotatable bonds is 3. The fourth-order valence-electron chi connectivity index (χ4n) is 4.59. The van der Waals surface area contributed by atoms with Crippen molar-refractivity contribution in [2.75, 3.05) is 31.1 Å². The van der Waals surface area contributed by atoms with Crippen LogP contribution in [0.25, 0.3) is 0 Å². The minimum Gasteiger partial charge on any atom is -0.333 e. The molecular weight excluding hydrogens is 478 g/mol. The molecule has 0 radical (unpaired) electrons. The molecule has 7 nitrogen and oxygen atoms in total. The Morgan fingerprint density at radius 3 is 2.35 bits per heavy atom. The number of hydrogen-bond acceptors (Lipinski definition) is 4. The molecule has 0 saturated heterocycles. The number of pyridine rings is 1. The maximum atomic E-state index is 14.4. The number of carbonyl (C=O) groups is 2. The van der Waals surface area contributed by atoms with Gasteiger partial charge >= 0.3 is 0 Å². The van der Waals surface area contributed by atoms with Gasteiger partial charge < -0.3 is 14.4 Å². The molecule has 0 saturated carbocycles. The summed E-state index contributed by atoms with van der Waals surface area (Å²) in [6.07, 6.45) is 2.07. The summed E-state index contributed by atoms with van der Waals surface area (Å²) in [6, 6.07) is 14.8. The smallest absolute Gasteiger partial charge is 0.255 e. The molecule has 0 aliphatic carbocycles. The number of halogens is 2. The minimum absolute atomic E-state index is 0.0306. The highest BCUT2D eigenvalue weighted by Crippen LogP contribution is 2.27. The molecule has 2 heterocycles. The van der Waals surface area contributed by atoms with Crippen LogP contribution in [0.4, 0.5) is 14.5 Å². The number of nitrogens with zero attached hydrogens (tertiary/aromatic N) is 4. The predicted octanol–water partition coefficient (Wildman–Crippen LogP) is 3.56. The summed E-state index contributed by atoms with van der Waals surface area (Å²) in [7, 11) is 1.56. The first-order chi connectivity index (χ1) is 17.7. The van der Waals surface area contributed by atoms with Gasteiger partial charge in [-0.15, -0.1) is 0 Å². The van der Waals surface area contributed by atoms with E-state index < -0.39 is 11.6 Å². The molecule has 194 valence electrons. The van der Waals surface area contributed by atoms with Crippen molar-refractivity contribution in [2.45, 2.75) is 26.4 Å². The first-order valence-electron chi connectivity index (χ1n) is 12.2. The largest absolute Gasteiger partial charge is 0.333 e. The van der Waals surface area contributed by atoms with E-state index in [1.54, 1.807) is 11.9 Å². The number of hydrogen-bond donors (Lipinski definition) is 0. The second kappa shape index (κ2) is 11.5. The van der Waals surface area contributed by atoms with Gasteiger partial charge in [-0.3, -0.25) is 19.3 Å². The molecule has 37 heavy (non-hydrogen) atoms. The Hall–Kier alpha value is -3.85. The van der Waals surface area contributed by atoms with Gasteiger partial charge in [0.1, 0.15) is 0 Å². The van der Waals surface area contributed by atoms with Crippen molar-refractivity contribution in [1.29, 1.82) is 0 Å². The van der Waals surface area contributed by atoms with Crippen molar-refractivity contribution in [1.82, 2.24) is 14.4 Å². The van der Waals surface area contributed by atoms with Crippen molar-refractivity contribution < 1.29 is 18.4 Å².